The summed E-state index contributed by atoms with van der Waals surface area (Å²) in [7, 11) is 0. The summed E-state index contributed by atoms with van der Waals surface area (Å²) < 4.78 is 54.0. The Hall–Kier alpha value is -3.90. The molecule has 0 aliphatic carbocycles. The van der Waals surface area contributed by atoms with Gasteiger partial charge in [-0.05, 0) is 35.9 Å². The fourth-order valence-electron chi connectivity index (χ4n) is 3.80. The smallest absolute Gasteiger partial charge is 0.262 e. The number of phenols is 1. The summed E-state index contributed by atoms with van der Waals surface area (Å²) in [5, 5.41) is 10.2. The van der Waals surface area contributed by atoms with E-state index in [0.29, 0.717) is 35.0 Å². The SMILES string of the molecule is FC1(F)CCN(S)C1.Nc1ccc(F)c(C(=O)c2c[nH]c3ncc(-c4ccc(C=O)c(O)c4)cc23)c1F. The Morgan fingerprint density at radius 3 is 2.54 bits per heavy atom. The number of pyridine rings is 1. The zero-order chi connectivity index (χ0) is 26.9. The molecule has 0 radical (unpaired) electrons. The number of ketones is 1. The van der Waals surface area contributed by atoms with E-state index in [0.717, 1.165) is 12.1 Å². The Morgan fingerprint density at radius 2 is 1.95 bits per heavy atom. The van der Waals surface area contributed by atoms with Gasteiger partial charge in [0.2, 0.25) is 5.78 Å². The second-order valence-electron chi connectivity index (χ2n) is 8.36. The molecule has 2 aromatic carbocycles. The molecule has 0 saturated carbocycles. The van der Waals surface area contributed by atoms with Crippen LogP contribution in [0.15, 0.2) is 48.8 Å². The van der Waals surface area contributed by atoms with Crippen molar-refractivity contribution in [1.82, 2.24) is 14.3 Å². The summed E-state index contributed by atoms with van der Waals surface area (Å²) in [4.78, 5) is 30.7. The van der Waals surface area contributed by atoms with Gasteiger partial charge in [0, 0.05) is 41.9 Å². The lowest BCUT2D eigenvalue weighted by Gasteiger charge is -2.07. The van der Waals surface area contributed by atoms with E-state index >= 15 is 0 Å². The van der Waals surface area contributed by atoms with E-state index in [4.69, 9.17) is 5.73 Å². The van der Waals surface area contributed by atoms with Crippen LogP contribution >= 0.6 is 12.8 Å². The number of fused-ring (bicyclic) bond motifs is 1. The number of aromatic amines is 1. The molecule has 7 nitrogen and oxygen atoms in total. The number of aldehydes is 1. The highest BCUT2D eigenvalue weighted by Gasteiger charge is 2.36. The second-order valence-corrected chi connectivity index (χ2v) is 8.93. The van der Waals surface area contributed by atoms with E-state index in [-0.39, 0.29) is 35.5 Å². The molecule has 1 aliphatic rings. The Bertz CT molecular complexity index is 1510. The number of hydrogen-bond acceptors (Lipinski definition) is 7. The Kier molecular flexibility index (Phi) is 7.23. The highest BCUT2D eigenvalue weighted by molar-refractivity contribution is 7.77. The van der Waals surface area contributed by atoms with E-state index in [1.165, 1.54) is 28.8 Å². The van der Waals surface area contributed by atoms with Gasteiger partial charge in [-0.3, -0.25) is 9.59 Å². The quantitative estimate of drug-likeness (QED) is 0.0967. The Balaban J connectivity index is 0.000000342. The number of phenolic OH excluding ortho intramolecular Hbond substituents is 1. The number of nitrogens with one attached hydrogen (secondary N) is 1. The van der Waals surface area contributed by atoms with E-state index in [1.807, 2.05) is 0 Å². The normalized spacial score (nSPS) is 14.8. The fraction of sp³-hybridized carbons (Fsp3) is 0.160. The molecule has 37 heavy (non-hydrogen) atoms. The molecule has 0 spiro atoms. The van der Waals surface area contributed by atoms with Crippen molar-refractivity contribution < 1.29 is 32.3 Å². The van der Waals surface area contributed by atoms with Crippen molar-refractivity contribution >= 4 is 41.6 Å². The summed E-state index contributed by atoms with van der Waals surface area (Å²) in [6.45, 7) is 0.201. The molecule has 5 rings (SSSR count). The van der Waals surface area contributed by atoms with Gasteiger partial charge in [0.25, 0.3) is 5.92 Å². The molecule has 192 valence electrons. The predicted octanol–water partition coefficient (Wildman–Crippen LogP) is 5.01. The summed E-state index contributed by atoms with van der Waals surface area (Å²) >= 11 is 3.76. The van der Waals surface area contributed by atoms with Crippen LogP contribution in [0.5, 0.6) is 5.75 Å². The number of nitrogen functional groups attached to an aromatic ring is 1. The first-order chi connectivity index (χ1) is 17.5. The molecule has 3 heterocycles. The number of rotatable bonds is 4. The van der Waals surface area contributed by atoms with E-state index in [1.54, 1.807) is 12.1 Å². The minimum atomic E-state index is -2.48. The third-order valence-corrected chi connectivity index (χ3v) is 6.11. The van der Waals surface area contributed by atoms with Gasteiger partial charge in [-0.25, -0.2) is 26.9 Å². The van der Waals surface area contributed by atoms with Crippen molar-refractivity contribution in [3.63, 3.8) is 0 Å². The van der Waals surface area contributed by atoms with Gasteiger partial charge in [0.15, 0.2) is 12.1 Å². The maximum Gasteiger partial charge on any atom is 0.262 e. The van der Waals surface area contributed by atoms with E-state index in [2.05, 4.69) is 22.8 Å². The number of nitrogens with two attached hydrogens (primary N) is 1. The van der Waals surface area contributed by atoms with Gasteiger partial charge >= 0.3 is 0 Å². The topological polar surface area (TPSA) is 112 Å². The zero-order valence-corrected chi connectivity index (χ0v) is 19.9. The van der Waals surface area contributed by atoms with Gasteiger partial charge in [0.1, 0.15) is 17.2 Å². The fourth-order valence-corrected chi connectivity index (χ4v) is 4.11. The van der Waals surface area contributed by atoms with Crippen LogP contribution in [0, 0.1) is 11.6 Å². The van der Waals surface area contributed by atoms with Gasteiger partial charge in [-0.15, -0.1) is 0 Å². The number of aromatic hydroxyl groups is 1. The lowest BCUT2D eigenvalue weighted by atomic mass is 9.99. The van der Waals surface area contributed by atoms with Crippen molar-refractivity contribution in [2.24, 2.45) is 0 Å². The molecular formula is C25H20F4N4O3S. The number of thiol groups is 1. The molecule has 12 heteroatoms. The number of halogens is 4. The van der Waals surface area contributed by atoms with Crippen LogP contribution in [0.2, 0.25) is 0 Å². The van der Waals surface area contributed by atoms with Crippen LogP contribution in [0.3, 0.4) is 0 Å². The monoisotopic (exact) mass is 532 g/mol. The molecule has 0 unspecified atom stereocenters. The van der Waals surface area contributed by atoms with Gasteiger partial charge in [-0.2, -0.15) is 0 Å². The van der Waals surface area contributed by atoms with Gasteiger partial charge in [0.05, 0.1) is 23.4 Å². The molecule has 2 aromatic heterocycles. The first kappa shape index (κ1) is 26.2. The molecule has 1 saturated heterocycles. The maximum absolute atomic E-state index is 14.3. The number of aromatic nitrogens is 2. The van der Waals surface area contributed by atoms with Gasteiger partial charge < -0.3 is 15.8 Å². The highest BCUT2D eigenvalue weighted by atomic mass is 32.1. The number of alkyl halides is 2. The summed E-state index contributed by atoms with van der Waals surface area (Å²) in [5.74, 6) is -5.71. The van der Waals surface area contributed by atoms with E-state index < -0.39 is 28.9 Å². The van der Waals surface area contributed by atoms with Crippen LogP contribution in [0.25, 0.3) is 22.2 Å². The van der Waals surface area contributed by atoms with Crippen LogP contribution in [-0.2, 0) is 0 Å². The Labute approximate surface area is 213 Å². The number of carbonyl (C=O) groups excluding carboxylic acids is 2. The summed E-state index contributed by atoms with van der Waals surface area (Å²) in [6.07, 6.45) is 3.30. The van der Waals surface area contributed by atoms with Crippen LogP contribution in [0.4, 0.5) is 23.2 Å². The third-order valence-electron chi connectivity index (χ3n) is 5.76. The first-order valence-corrected chi connectivity index (χ1v) is 11.3. The van der Waals surface area contributed by atoms with Crippen molar-refractivity contribution in [3.8, 4) is 16.9 Å². The second kappa shape index (κ2) is 10.2. The van der Waals surface area contributed by atoms with Gasteiger partial charge in [-0.1, -0.05) is 18.9 Å². The average Bonchev–Trinajstić information content (AvgIpc) is 3.43. The van der Waals surface area contributed by atoms with Crippen molar-refractivity contribution in [2.45, 2.75) is 12.3 Å². The zero-order valence-electron chi connectivity index (χ0n) is 19.0. The summed E-state index contributed by atoms with van der Waals surface area (Å²) in [5.41, 5.74) is 5.96. The van der Waals surface area contributed by atoms with Crippen LogP contribution in [-0.4, -0.2) is 50.5 Å². The number of benzene rings is 2. The standard InChI is InChI=1S/C21H13F2N3O3.C4H7F2NS/c22-15-3-4-16(24)19(23)18(15)20(29)14-8-26-21-13(14)5-12(7-25-21)10-1-2-11(9-27)17(28)6-10;5-4(6)1-2-7(8)3-4/h1-9,28H,24H2,(H,25,26);8H,1-3H2. The molecule has 0 bridgehead atoms. The van der Waals surface area contributed by atoms with E-state index in [9.17, 15) is 32.3 Å². The minimum Gasteiger partial charge on any atom is -0.507 e. The third kappa shape index (κ3) is 5.44. The number of anilines is 1. The van der Waals surface area contributed by atoms with Crippen molar-refractivity contribution in [3.05, 3.63) is 77.1 Å². The number of carbonyl (C=O) groups is 2. The molecule has 1 aliphatic heterocycles. The van der Waals surface area contributed by atoms with Crippen molar-refractivity contribution in [2.75, 3.05) is 18.8 Å². The molecule has 4 aromatic rings. The molecular weight excluding hydrogens is 512 g/mol. The minimum absolute atomic E-state index is 0.0199. The Morgan fingerprint density at radius 1 is 1.19 bits per heavy atom. The first-order valence-electron chi connectivity index (χ1n) is 10.9. The van der Waals surface area contributed by atoms with Crippen LogP contribution < -0.4 is 5.73 Å². The molecule has 0 atom stereocenters. The van der Waals surface area contributed by atoms with Crippen molar-refractivity contribution in [1.29, 1.82) is 0 Å². The average molecular weight is 533 g/mol. The molecule has 0 amide bonds. The lowest BCUT2D eigenvalue weighted by Crippen LogP contribution is -2.18. The van der Waals surface area contributed by atoms with Crippen LogP contribution in [0.1, 0.15) is 32.7 Å². The number of H-pyrrole nitrogens is 1. The predicted molar refractivity (Wildman–Crippen MR) is 133 cm³/mol. The molecule has 4 N–H and O–H groups in total. The number of nitrogens with zero attached hydrogens (tertiary/aromatic N) is 2. The molecule has 1 fully saturated rings. The number of hydrogen-bond donors (Lipinski definition) is 4. The highest BCUT2D eigenvalue weighted by Crippen LogP contribution is 2.31. The lowest BCUT2D eigenvalue weighted by molar-refractivity contribution is 0.0191. The largest absolute Gasteiger partial charge is 0.507 e. The maximum atomic E-state index is 14.3. The summed E-state index contributed by atoms with van der Waals surface area (Å²) in [6, 6.07) is 8.02.